The predicted molar refractivity (Wildman–Crippen MR) is 54.5 cm³/mol. The van der Waals surface area contributed by atoms with Gasteiger partial charge in [-0.3, -0.25) is 19.4 Å². The molecule has 0 spiro atoms. The van der Waals surface area contributed by atoms with Gasteiger partial charge >= 0.3 is 0 Å². The van der Waals surface area contributed by atoms with E-state index in [0.29, 0.717) is 10.8 Å². The van der Waals surface area contributed by atoms with Gasteiger partial charge in [-0.1, -0.05) is 12.1 Å². The van der Waals surface area contributed by atoms with Gasteiger partial charge in [0.15, 0.2) is 0 Å². The van der Waals surface area contributed by atoms with E-state index in [0.717, 1.165) is 5.56 Å². The average molecular weight is 190 g/mol. The number of aromatic amines is 1. The summed E-state index contributed by atoms with van der Waals surface area (Å²) in [5.74, 6) is 0. The molecular weight excluding hydrogens is 180 g/mol. The number of rotatable bonds is 0. The van der Waals surface area contributed by atoms with Crippen LogP contribution in [0.1, 0.15) is 5.56 Å². The second kappa shape index (κ2) is 2.83. The van der Waals surface area contributed by atoms with Crippen molar-refractivity contribution >= 4 is 10.8 Å². The second-order valence-electron chi connectivity index (χ2n) is 3.30. The Bertz CT molecular complexity index is 608. The maximum Gasteiger partial charge on any atom is 0.273 e. The van der Waals surface area contributed by atoms with Crippen LogP contribution in [-0.2, 0) is 7.05 Å². The molecule has 1 N–H and O–H groups in total. The van der Waals surface area contributed by atoms with E-state index in [1.807, 2.05) is 13.0 Å². The first kappa shape index (κ1) is 8.74. The molecule has 0 saturated heterocycles. The zero-order chi connectivity index (χ0) is 10.3. The molecule has 1 heterocycles. The van der Waals surface area contributed by atoms with Crippen LogP contribution < -0.4 is 11.1 Å². The van der Waals surface area contributed by atoms with Gasteiger partial charge in [-0.05, 0) is 18.6 Å². The first-order valence-corrected chi connectivity index (χ1v) is 4.30. The van der Waals surface area contributed by atoms with Gasteiger partial charge in [0.25, 0.3) is 11.1 Å². The maximum absolute atomic E-state index is 11.7. The molecule has 1 aromatic heterocycles. The summed E-state index contributed by atoms with van der Waals surface area (Å²) >= 11 is 0. The van der Waals surface area contributed by atoms with Crippen molar-refractivity contribution in [1.29, 1.82) is 0 Å². The highest BCUT2D eigenvalue weighted by atomic mass is 16.1. The van der Waals surface area contributed by atoms with Gasteiger partial charge in [-0.2, -0.15) is 0 Å². The van der Waals surface area contributed by atoms with Crippen LogP contribution in [0.5, 0.6) is 0 Å². The molecule has 0 saturated carbocycles. The minimum Gasteiger partial charge on any atom is -0.267 e. The standard InChI is InChI=1S/C10H10N2O2/c1-6-4-3-5-7-8(6)10(14)12(2)11-9(7)13/h3-5H,1-2H3,(H,11,13). The molecule has 4 nitrogen and oxygen atoms in total. The third-order valence-corrected chi connectivity index (χ3v) is 2.31. The topological polar surface area (TPSA) is 54.9 Å². The van der Waals surface area contributed by atoms with Crippen LogP contribution in [-0.4, -0.2) is 9.78 Å². The fourth-order valence-electron chi connectivity index (χ4n) is 1.57. The predicted octanol–water partition coefficient (Wildman–Crippen LogP) is 0.535. The number of benzene rings is 1. The Labute approximate surface area is 79.8 Å². The Morgan fingerprint density at radius 3 is 2.71 bits per heavy atom. The van der Waals surface area contributed by atoms with Gasteiger partial charge in [0, 0.05) is 7.05 Å². The quantitative estimate of drug-likeness (QED) is 0.659. The van der Waals surface area contributed by atoms with Crippen molar-refractivity contribution in [3.63, 3.8) is 0 Å². The minimum atomic E-state index is -0.231. The van der Waals surface area contributed by atoms with E-state index in [4.69, 9.17) is 0 Å². The fraction of sp³-hybridized carbons (Fsp3) is 0.200. The minimum absolute atomic E-state index is 0.169. The summed E-state index contributed by atoms with van der Waals surface area (Å²) in [6.07, 6.45) is 0. The molecule has 1 aromatic carbocycles. The Kier molecular flexibility index (Phi) is 1.77. The molecule has 14 heavy (non-hydrogen) atoms. The van der Waals surface area contributed by atoms with E-state index in [1.165, 1.54) is 11.7 Å². The van der Waals surface area contributed by atoms with E-state index in [-0.39, 0.29) is 11.1 Å². The lowest BCUT2D eigenvalue weighted by Gasteiger charge is -2.02. The molecule has 2 aromatic rings. The number of nitrogens with one attached hydrogen (secondary N) is 1. The molecule has 0 atom stereocenters. The number of fused-ring (bicyclic) bond motifs is 1. The Balaban J connectivity index is 3.20. The van der Waals surface area contributed by atoms with Crippen LogP contribution in [0, 0.1) is 6.92 Å². The van der Waals surface area contributed by atoms with Gasteiger partial charge in [0.05, 0.1) is 10.8 Å². The summed E-state index contributed by atoms with van der Waals surface area (Å²) in [5.41, 5.74) is 0.428. The van der Waals surface area contributed by atoms with E-state index < -0.39 is 0 Å². The van der Waals surface area contributed by atoms with Gasteiger partial charge in [-0.25, -0.2) is 0 Å². The molecule has 0 radical (unpaired) electrons. The first-order chi connectivity index (χ1) is 6.61. The smallest absolute Gasteiger partial charge is 0.267 e. The number of aromatic nitrogens is 2. The van der Waals surface area contributed by atoms with Crippen molar-refractivity contribution in [2.24, 2.45) is 7.05 Å². The van der Waals surface area contributed by atoms with Crippen LogP contribution in [0.25, 0.3) is 10.8 Å². The third-order valence-electron chi connectivity index (χ3n) is 2.31. The average Bonchev–Trinajstić information content (AvgIpc) is 2.14. The van der Waals surface area contributed by atoms with Crippen molar-refractivity contribution in [1.82, 2.24) is 9.78 Å². The van der Waals surface area contributed by atoms with Crippen molar-refractivity contribution in [3.8, 4) is 0 Å². The normalized spacial score (nSPS) is 10.7. The zero-order valence-electron chi connectivity index (χ0n) is 8.00. The molecule has 0 fully saturated rings. The molecule has 0 bridgehead atoms. The lowest BCUT2D eigenvalue weighted by molar-refractivity contribution is 0.704. The van der Waals surface area contributed by atoms with Crippen LogP contribution in [0.15, 0.2) is 27.8 Å². The molecular formula is C10H10N2O2. The molecule has 4 heteroatoms. The number of hydrogen-bond acceptors (Lipinski definition) is 2. The highest BCUT2D eigenvalue weighted by Gasteiger charge is 2.06. The van der Waals surface area contributed by atoms with Crippen LogP contribution in [0.2, 0.25) is 0 Å². The monoisotopic (exact) mass is 190 g/mol. The Morgan fingerprint density at radius 1 is 1.29 bits per heavy atom. The van der Waals surface area contributed by atoms with Gasteiger partial charge in [0.2, 0.25) is 0 Å². The first-order valence-electron chi connectivity index (χ1n) is 4.30. The molecule has 0 amide bonds. The molecule has 0 aliphatic heterocycles. The number of hydrogen-bond donors (Lipinski definition) is 1. The highest BCUT2D eigenvalue weighted by molar-refractivity contribution is 5.83. The number of H-pyrrole nitrogens is 1. The second-order valence-corrected chi connectivity index (χ2v) is 3.30. The van der Waals surface area contributed by atoms with Crippen LogP contribution >= 0.6 is 0 Å². The SMILES string of the molecule is Cc1cccc2c(=O)[nH]n(C)c(=O)c12. The molecule has 72 valence electrons. The van der Waals surface area contributed by atoms with Gasteiger partial charge in [0.1, 0.15) is 0 Å². The number of nitrogens with zero attached hydrogens (tertiary/aromatic N) is 1. The maximum atomic E-state index is 11.7. The third kappa shape index (κ3) is 1.08. The van der Waals surface area contributed by atoms with Crippen LogP contribution in [0.3, 0.4) is 0 Å². The molecule has 0 unspecified atom stereocenters. The van der Waals surface area contributed by atoms with E-state index in [1.54, 1.807) is 12.1 Å². The molecule has 0 aliphatic carbocycles. The zero-order valence-corrected chi connectivity index (χ0v) is 8.00. The number of aryl methyl sites for hydroxylation is 2. The Hall–Kier alpha value is -1.84. The Morgan fingerprint density at radius 2 is 2.00 bits per heavy atom. The van der Waals surface area contributed by atoms with Crippen molar-refractivity contribution in [3.05, 3.63) is 44.5 Å². The lowest BCUT2D eigenvalue weighted by Crippen LogP contribution is -2.27. The summed E-state index contributed by atoms with van der Waals surface area (Å²) in [6.45, 7) is 1.82. The summed E-state index contributed by atoms with van der Waals surface area (Å²) in [4.78, 5) is 23.2. The van der Waals surface area contributed by atoms with Crippen LogP contribution in [0.4, 0.5) is 0 Å². The summed E-state index contributed by atoms with van der Waals surface area (Å²) in [7, 11) is 1.54. The van der Waals surface area contributed by atoms with Crippen molar-refractivity contribution in [2.75, 3.05) is 0 Å². The molecule has 0 aliphatic rings. The summed E-state index contributed by atoms with van der Waals surface area (Å²) < 4.78 is 1.21. The summed E-state index contributed by atoms with van der Waals surface area (Å²) in [6, 6.07) is 5.25. The van der Waals surface area contributed by atoms with Gasteiger partial charge < -0.3 is 0 Å². The highest BCUT2D eigenvalue weighted by Crippen LogP contribution is 2.08. The van der Waals surface area contributed by atoms with E-state index in [2.05, 4.69) is 5.10 Å². The van der Waals surface area contributed by atoms with E-state index >= 15 is 0 Å². The van der Waals surface area contributed by atoms with Crippen molar-refractivity contribution < 1.29 is 0 Å². The largest absolute Gasteiger partial charge is 0.273 e. The summed E-state index contributed by atoms with van der Waals surface area (Å²) in [5, 5.41) is 3.41. The lowest BCUT2D eigenvalue weighted by atomic mass is 10.1. The van der Waals surface area contributed by atoms with Crippen molar-refractivity contribution in [2.45, 2.75) is 6.92 Å². The molecule has 2 rings (SSSR count). The van der Waals surface area contributed by atoms with Gasteiger partial charge in [-0.15, -0.1) is 0 Å². The van der Waals surface area contributed by atoms with E-state index in [9.17, 15) is 9.59 Å². The fourth-order valence-corrected chi connectivity index (χ4v) is 1.57.